The average Bonchev–Trinajstić information content (AvgIpc) is 2.86. The van der Waals surface area contributed by atoms with E-state index >= 15 is 0 Å². The van der Waals surface area contributed by atoms with Crippen molar-refractivity contribution in [2.45, 2.75) is 123 Å². The van der Waals surface area contributed by atoms with E-state index in [1.54, 1.807) is 0 Å². The van der Waals surface area contributed by atoms with Crippen LogP contribution in [0.2, 0.25) is 0 Å². The standard InChI is InChI=1S/C29H59N2O8P/c1-6-7-8-9-10-11-12-13-14-15-16-17-18-19-20-21-22-30-29(33)36-25-28(39-27(2)32)26-38-40(34,35)37-24-23-31(3,4)5/h28H,6-26H2,1-5H3,(H-,30,33,34,35). The highest BCUT2D eigenvalue weighted by Gasteiger charge is 2.20. The molecule has 0 aromatic heterocycles. The largest absolute Gasteiger partial charge is 0.756 e. The lowest BCUT2D eigenvalue weighted by atomic mass is 10.0. The third-order valence-electron chi connectivity index (χ3n) is 6.46. The molecule has 0 aliphatic heterocycles. The number of alkyl carbamates (subject to hydrolysis) is 1. The number of nitrogens with zero attached hydrogens (tertiary/aromatic N) is 1. The van der Waals surface area contributed by atoms with Crippen molar-refractivity contribution in [1.82, 2.24) is 5.32 Å². The average molecular weight is 595 g/mol. The highest BCUT2D eigenvalue weighted by Crippen LogP contribution is 2.38. The minimum absolute atomic E-state index is 0.0409. The second-order valence-corrected chi connectivity index (χ2v) is 13.1. The van der Waals surface area contributed by atoms with E-state index < -0.39 is 32.6 Å². The van der Waals surface area contributed by atoms with Crippen molar-refractivity contribution in [3.8, 4) is 0 Å². The maximum atomic E-state index is 12.0. The molecule has 2 unspecified atom stereocenters. The molecule has 0 aliphatic rings. The summed E-state index contributed by atoms with van der Waals surface area (Å²) < 4.78 is 32.2. The number of unbranched alkanes of at least 4 members (excludes halogenated alkanes) is 15. The first kappa shape index (κ1) is 38.8. The highest BCUT2D eigenvalue weighted by molar-refractivity contribution is 7.45. The Morgan fingerprint density at radius 3 is 1.70 bits per heavy atom. The second-order valence-electron chi connectivity index (χ2n) is 11.7. The van der Waals surface area contributed by atoms with Gasteiger partial charge in [0.2, 0.25) is 0 Å². The fourth-order valence-corrected chi connectivity index (χ4v) is 4.80. The van der Waals surface area contributed by atoms with Gasteiger partial charge in [0.25, 0.3) is 7.82 Å². The van der Waals surface area contributed by atoms with E-state index in [1.165, 1.54) is 90.4 Å². The maximum absolute atomic E-state index is 12.0. The first-order valence-corrected chi connectivity index (χ1v) is 16.9. The van der Waals surface area contributed by atoms with Gasteiger partial charge in [0.05, 0.1) is 27.7 Å². The van der Waals surface area contributed by atoms with Crippen molar-refractivity contribution >= 4 is 19.9 Å². The number of phosphoric ester groups is 1. The van der Waals surface area contributed by atoms with Crippen LogP contribution in [-0.4, -0.2) is 76.7 Å². The Labute approximate surface area is 244 Å². The molecule has 238 valence electrons. The summed E-state index contributed by atoms with van der Waals surface area (Å²) in [6.45, 7) is 3.52. The zero-order chi connectivity index (χ0) is 30.1. The van der Waals surface area contributed by atoms with Crippen LogP contribution in [0.25, 0.3) is 0 Å². The summed E-state index contributed by atoms with van der Waals surface area (Å²) in [5, 5.41) is 2.67. The molecule has 0 saturated heterocycles. The van der Waals surface area contributed by atoms with Crippen molar-refractivity contribution in [3.05, 3.63) is 0 Å². The lowest BCUT2D eigenvalue weighted by Crippen LogP contribution is -2.37. The van der Waals surface area contributed by atoms with E-state index in [0.717, 1.165) is 19.3 Å². The zero-order valence-electron chi connectivity index (χ0n) is 26.1. The molecule has 0 fully saturated rings. The third-order valence-corrected chi connectivity index (χ3v) is 7.43. The van der Waals surface area contributed by atoms with E-state index in [2.05, 4.69) is 12.2 Å². The second kappa shape index (κ2) is 24.4. The number of phosphoric acid groups is 1. The monoisotopic (exact) mass is 594 g/mol. The van der Waals surface area contributed by atoms with Crippen molar-refractivity contribution in [2.75, 3.05) is 54.1 Å². The number of hydrogen-bond donors (Lipinski definition) is 1. The minimum Gasteiger partial charge on any atom is -0.756 e. The van der Waals surface area contributed by atoms with E-state index in [4.69, 9.17) is 18.5 Å². The van der Waals surface area contributed by atoms with Crippen LogP contribution >= 0.6 is 7.82 Å². The van der Waals surface area contributed by atoms with Gasteiger partial charge in [-0.1, -0.05) is 103 Å². The van der Waals surface area contributed by atoms with Crippen LogP contribution in [0.15, 0.2) is 0 Å². The topological polar surface area (TPSA) is 123 Å². The number of carbonyl (C=O) groups excluding carboxylic acids is 2. The number of nitrogens with one attached hydrogen (secondary N) is 1. The Bertz CT molecular complexity index is 687. The number of hydrogen-bond acceptors (Lipinski definition) is 8. The third kappa shape index (κ3) is 28.3. The fraction of sp³-hybridized carbons (Fsp3) is 0.931. The molecule has 40 heavy (non-hydrogen) atoms. The number of likely N-dealkylation sites (N-methyl/N-ethyl adjacent to an activating group) is 1. The molecule has 0 rings (SSSR count). The number of ether oxygens (including phenoxy) is 2. The van der Waals surface area contributed by atoms with Crippen LogP contribution in [0.5, 0.6) is 0 Å². The Morgan fingerprint density at radius 2 is 1.25 bits per heavy atom. The number of rotatable bonds is 27. The van der Waals surface area contributed by atoms with Crippen molar-refractivity contribution in [2.24, 2.45) is 0 Å². The minimum atomic E-state index is -4.58. The SMILES string of the molecule is CCCCCCCCCCCCCCCCCCNC(=O)OCC(COP(=O)([O-])OCC[N+](C)(C)C)OC(C)=O. The van der Waals surface area contributed by atoms with Gasteiger partial charge in [-0.25, -0.2) is 4.79 Å². The molecular formula is C29H59N2O8P. The molecular weight excluding hydrogens is 535 g/mol. The number of amides is 1. The Balaban J connectivity index is 3.80. The summed E-state index contributed by atoms with van der Waals surface area (Å²) in [6, 6.07) is 0. The van der Waals surface area contributed by atoms with Crippen molar-refractivity contribution < 1.29 is 42.1 Å². The molecule has 0 bridgehead atoms. The molecule has 0 spiro atoms. The van der Waals surface area contributed by atoms with Crippen molar-refractivity contribution in [3.63, 3.8) is 0 Å². The summed E-state index contributed by atoms with van der Waals surface area (Å²) in [5.41, 5.74) is 0. The molecule has 1 N–H and O–H groups in total. The first-order valence-electron chi connectivity index (χ1n) is 15.4. The van der Waals surface area contributed by atoms with Gasteiger partial charge in [-0.05, 0) is 6.42 Å². The molecule has 0 aromatic rings. The molecule has 0 radical (unpaired) electrons. The molecule has 0 saturated carbocycles. The van der Waals surface area contributed by atoms with Gasteiger partial charge in [-0.2, -0.15) is 0 Å². The van der Waals surface area contributed by atoms with Crippen LogP contribution in [0.4, 0.5) is 4.79 Å². The predicted octanol–water partition coefficient (Wildman–Crippen LogP) is 6.11. The summed E-state index contributed by atoms with van der Waals surface area (Å²) in [5.74, 6) is -0.641. The van der Waals surface area contributed by atoms with Gasteiger partial charge in [0, 0.05) is 13.5 Å². The fourth-order valence-electron chi connectivity index (χ4n) is 4.07. The first-order chi connectivity index (χ1) is 18.9. The van der Waals surface area contributed by atoms with Crippen LogP contribution < -0.4 is 10.2 Å². The van der Waals surface area contributed by atoms with Crippen LogP contribution in [0.3, 0.4) is 0 Å². The van der Waals surface area contributed by atoms with Crippen LogP contribution in [0.1, 0.15) is 117 Å². The number of carbonyl (C=O) groups is 2. The van der Waals surface area contributed by atoms with E-state index in [9.17, 15) is 19.0 Å². The van der Waals surface area contributed by atoms with Gasteiger partial charge < -0.3 is 33.2 Å². The molecule has 11 heteroatoms. The van der Waals surface area contributed by atoms with Crippen molar-refractivity contribution in [1.29, 1.82) is 0 Å². The Morgan fingerprint density at radius 1 is 0.775 bits per heavy atom. The van der Waals surface area contributed by atoms with E-state index in [1.807, 2.05) is 21.1 Å². The summed E-state index contributed by atoms with van der Waals surface area (Å²) in [4.78, 5) is 35.3. The molecule has 10 nitrogen and oxygen atoms in total. The van der Waals surface area contributed by atoms with Gasteiger partial charge in [0.1, 0.15) is 19.8 Å². The quantitative estimate of drug-likeness (QED) is 0.0523. The predicted molar refractivity (Wildman–Crippen MR) is 157 cm³/mol. The molecule has 0 aromatic carbocycles. The number of esters is 1. The van der Waals surface area contributed by atoms with E-state index in [-0.39, 0.29) is 13.2 Å². The van der Waals surface area contributed by atoms with Gasteiger partial charge in [-0.15, -0.1) is 0 Å². The summed E-state index contributed by atoms with van der Waals surface area (Å²) in [6.07, 6.45) is 18.8. The maximum Gasteiger partial charge on any atom is 0.407 e. The highest BCUT2D eigenvalue weighted by atomic mass is 31.2. The Kier molecular flexibility index (Phi) is 23.7. The lowest BCUT2D eigenvalue weighted by Gasteiger charge is -2.28. The molecule has 2 atom stereocenters. The molecule has 0 aliphatic carbocycles. The molecule has 0 heterocycles. The van der Waals surface area contributed by atoms with Crippen LogP contribution in [0, 0.1) is 0 Å². The number of quaternary nitrogens is 1. The smallest absolute Gasteiger partial charge is 0.407 e. The zero-order valence-corrected chi connectivity index (χ0v) is 27.0. The Hall–Kier alpha value is -1.19. The van der Waals surface area contributed by atoms with E-state index in [0.29, 0.717) is 17.6 Å². The molecule has 1 amide bonds. The lowest BCUT2D eigenvalue weighted by molar-refractivity contribution is -0.870. The van der Waals surface area contributed by atoms with Gasteiger partial charge in [0.15, 0.2) is 6.10 Å². The summed E-state index contributed by atoms with van der Waals surface area (Å²) in [7, 11) is 1.13. The normalized spacial score (nSPS) is 13.9. The summed E-state index contributed by atoms with van der Waals surface area (Å²) >= 11 is 0. The van der Waals surface area contributed by atoms with Crippen LogP contribution in [-0.2, 0) is 27.9 Å². The van der Waals surface area contributed by atoms with Gasteiger partial charge >= 0.3 is 12.1 Å². The van der Waals surface area contributed by atoms with Gasteiger partial charge in [-0.3, -0.25) is 9.36 Å².